The van der Waals surface area contributed by atoms with Gasteiger partial charge in [-0.15, -0.1) is 0 Å². The van der Waals surface area contributed by atoms with Gasteiger partial charge in [-0.3, -0.25) is 9.78 Å². The summed E-state index contributed by atoms with van der Waals surface area (Å²) in [4.78, 5) is 16.9. The van der Waals surface area contributed by atoms with E-state index in [2.05, 4.69) is 20.9 Å². The number of para-hydroxylation sites is 1. The number of benzene rings is 3. The maximum absolute atomic E-state index is 12.4. The fourth-order valence-electron chi connectivity index (χ4n) is 4.09. The minimum atomic E-state index is -0.259. The van der Waals surface area contributed by atoms with Crippen LogP contribution >= 0.6 is 0 Å². The van der Waals surface area contributed by atoms with Crippen LogP contribution in [0.1, 0.15) is 11.3 Å². The Balaban J connectivity index is 1.39. The summed E-state index contributed by atoms with van der Waals surface area (Å²) in [5.74, 6) is 0.341. The van der Waals surface area contributed by atoms with Gasteiger partial charge < -0.3 is 24.8 Å². The second-order valence-corrected chi connectivity index (χ2v) is 8.04. The molecule has 7 heteroatoms. The average Bonchev–Trinajstić information content (AvgIpc) is 3.21. The number of methoxy groups -OCH3 is 1. The van der Waals surface area contributed by atoms with Gasteiger partial charge in [0.1, 0.15) is 5.75 Å². The summed E-state index contributed by atoms with van der Waals surface area (Å²) in [6.07, 6.45) is 4.89. The first-order valence-corrected chi connectivity index (χ1v) is 11.0. The van der Waals surface area contributed by atoms with Gasteiger partial charge in [-0.2, -0.15) is 0 Å². The van der Waals surface area contributed by atoms with Crippen LogP contribution in [0.4, 0.5) is 0 Å². The molecule has 3 N–H and O–H groups in total. The van der Waals surface area contributed by atoms with Crippen molar-refractivity contribution in [2.24, 2.45) is 0 Å². The molecule has 0 atom stereocenters. The second-order valence-electron chi connectivity index (χ2n) is 8.04. The number of nitrogens with zero attached hydrogens (tertiary/aromatic N) is 2. The SMILES string of the molecule is COc1cc(/C=C/C(=O)NCc2cc3c4ccccc4n(-c4ccc(O)cc4)c3cn2)ccc1O. The third kappa shape index (κ3) is 4.39. The quantitative estimate of drug-likeness (QED) is 0.309. The van der Waals surface area contributed by atoms with Crippen molar-refractivity contribution < 1.29 is 19.7 Å². The van der Waals surface area contributed by atoms with Crippen LogP contribution in [0.2, 0.25) is 0 Å². The Morgan fingerprint density at radius 3 is 2.60 bits per heavy atom. The summed E-state index contributed by atoms with van der Waals surface area (Å²) < 4.78 is 7.20. The Hall–Kier alpha value is -4.78. The molecule has 0 spiro atoms. The van der Waals surface area contributed by atoms with E-state index in [0.717, 1.165) is 38.8 Å². The predicted molar refractivity (Wildman–Crippen MR) is 136 cm³/mol. The fraction of sp³-hybridized carbons (Fsp3) is 0.0714. The van der Waals surface area contributed by atoms with Crippen molar-refractivity contribution in [2.75, 3.05) is 7.11 Å². The van der Waals surface area contributed by atoms with Crippen LogP contribution in [0.25, 0.3) is 33.6 Å². The number of carbonyl (C=O) groups excluding carboxylic acids is 1. The van der Waals surface area contributed by atoms with Crippen molar-refractivity contribution in [2.45, 2.75) is 6.54 Å². The van der Waals surface area contributed by atoms with Gasteiger partial charge >= 0.3 is 0 Å². The molecule has 7 nitrogen and oxygen atoms in total. The maximum Gasteiger partial charge on any atom is 0.244 e. The first kappa shape index (κ1) is 22.0. The third-order valence-electron chi connectivity index (χ3n) is 5.80. The Bertz CT molecular complexity index is 1570. The van der Waals surface area contributed by atoms with E-state index < -0.39 is 0 Å². The molecule has 5 aromatic rings. The summed E-state index contributed by atoms with van der Waals surface area (Å²) >= 11 is 0. The molecule has 0 saturated heterocycles. The van der Waals surface area contributed by atoms with Crippen LogP contribution in [-0.4, -0.2) is 32.8 Å². The highest BCUT2D eigenvalue weighted by Crippen LogP contribution is 2.32. The zero-order valence-corrected chi connectivity index (χ0v) is 19.0. The molecule has 0 aliphatic carbocycles. The number of phenolic OH excluding ortho intramolecular Hbond substituents is 2. The number of amides is 1. The van der Waals surface area contributed by atoms with Gasteiger partial charge in [0.2, 0.25) is 5.91 Å². The minimum absolute atomic E-state index is 0.0438. The van der Waals surface area contributed by atoms with E-state index in [1.807, 2.05) is 42.6 Å². The third-order valence-corrected chi connectivity index (χ3v) is 5.80. The lowest BCUT2D eigenvalue weighted by molar-refractivity contribution is -0.116. The lowest BCUT2D eigenvalue weighted by Crippen LogP contribution is -2.20. The van der Waals surface area contributed by atoms with Gasteiger partial charge in [-0.25, -0.2) is 0 Å². The molecule has 0 bridgehead atoms. The van der Waals surface area contributed by atoms with Crippen molar-refractivity contribution in [1.29, 1.82) is 0 Å². The standard InChI is InChI=1S/C28H23N3O4/c1-35-27-14-18(6-12-26(27)33)7-13-28(34)30-16-19-15-23-22-4-2-3-5-24(22)31(25(23)17-29-19)20-8-10-21(32)11-9-20/h2-15,17,32-33H,16H2,1H3,(H,30,34)/b13-7+. The molecule has 174 valence electrons. The molecule has 5 rings (SSSR count). The van der Waals surface area contributed by atoms with E-state index >= 15 is 0 Å². The number of ether oxygens (including phenoxy) is 1. The molecule has 2 aromatic heterocycles. The summed E-state index contributed by atoms with van der Waals surface area (Å²) in [5, 5.41) is 24.3. The largest absolute Gasteiger partial charge is 0.508 e. The first-order chi connectivity index (χ1) is 17.0. The second kappa shape index (κ2) is 9.23. The van der Waals surface area contributed by atoms with Gasteiger partial charge in [-0.05, 0) is 60.2 Å². The van der Waals surface area contributed by atoms with E-state index in [4.69, 9.17) is 4.74 Å². The predicted octanol–water partition coefficient (Wildman–Crippen LogP) is 4.93. The smallest absolute Gasteiger partial charge is 0.244 e. The van der Waals surface area contributed by atoms with E-state index in [0.29, 0.717) is 5.75 Å². The number of hydrogen-bond acceptors (Lipinski definition) is 5. The zero-order valence-electron chi connectivity index (χ0n) is 19.0. The number of pyridine rings is 1. The Morgan fingerprint density at radius 2 is 1.80 bits per heavy atom. The number of hydrogen-bond donors (Lipinski definition) is 3. The molecule has 35 heavy (non-hydrogen) atoms. The normalized spacial score (nSPS) is 11.3. The number of phenols is 2. The number of carbonyl (C=O) groups is 1. The Labute approximate surface area is 201 Å². The van der Waals surface area contributed by atoms with Crippen LogP contribution in [0, 0.1) is 0 Å². The van der Waals surface area contributed by atoms with Crippen molar-refractivity contribution in [1.82, 2.24) is 14.9 Å². The fourth-order valence-corrected chi connectivity index (χ4v) is 4.09. The topological polar surface area (TPSA) is 96.6 Å². The van der Waals surface area contributed by atoms with Crippen LogP contribution in [-0.2, 0) is 11.3 Å². The highest BCUT2D eigenvalue weighted by atomic mass is 16.5. The average molecular weight is 466 g/mol. The van der Waals surface area contributed by atoms with Crippen LogP contribution in [0.5, 0.6) is 17.2 Å². The number of aromatic hydroxyl groups is 2. The van der Waals surface area contributed by atoms with Gasteiger partial charge in [-0.1, -0.05) is 24.3 Å². The maximum atomic E-state index is 12.4. The van der Waals surface area contributed by atoms with E-state index in [1.54, 1.807) is 30.3 Å². The molecular formula is C28H23N3O4. The van der Waals surface area contributed by atoms with Gasteiger partial charge in [0, 0.05) is 22.5 Å². The minimum Gasteiger partial charge on any atom is -0.508 e. The number of rotatable bonds is 6. The monoisotopic (exact) mass is 465 g/mol. The highest BCUT2D eigenvalue weighted by molar-refractivity contribution is 6.09. The zero-order chi connectivity index (χ0) is 24.4. The first-order valence-electron chi connectivity index (χ1n) is 11.0. The molecule has 0 radical (unpaired) electrons. The molecule has 1 amide bonds. The van der Waals surface area contributed by atoms with Crippen LogP contribution in [0.15, 0.2) is 85.1 Å². The van der Waals surface area contributed by atoms with Crippen LogP contribution < -0.4 is 10.1 Å². The van der Waals surface area contributed by atoms with E-state index in [9.17, 15) is 15.0 Å². The molecule has 0 saturated carbocycles. The Morgan fingerprint density at radius 1 is 1.00 bits per heavy atom. The van der Waals surface area contributed by atoms with E-state index in [1.165, 1.54) is 19.3 Å². The van der Waals surface area contributed by atoms with Gasteiger partial charge in [0.15, 0.2) is 11.5 Å². The van der Waals surface area contributed by atoms with Crippen LogP contribution in [0.3, 0.4) is 0 Å². The van der Waals surface area contributed by atoms with Crippen molar-refractivity contribution in [3.8, 4) is 22.9 Å². The summed E-state index contributed by atoms with van der Waals surface area (Å²) in [5.41, 5.74) is 4.36. The van der Waals surface area contributed by atoms with Gasteiger partial charge in [0.05, 0.1) is 36.6 Å². The molecule has 0 fully saturated rings. The number of aromatic nitrogens is 2. The summed E-state index contributed by atoms with van der Waals surface area (Å²) in [6, 6.07) is 22.0. The Kier molecular flexibility index (Phi) is 5.81. The lowest BCUT2D eigenvalue weighted by atomic mass is 10.1. The summed E-state index contributed by atoms with van der Waals surface area (Å²) in [6.45, 7) is 0.275. The lowest BCUT2D eigenvalue weighted by Gasteiger charge is -2.08. The molecular weight excluding hydrogens is 442 g/mol. The summed E-state index contributed by atoms with van der Waals surface area (Å²) in [7, 11) is 1.47. The number of nitrogens with one attached hydrogen (secondary N) is 1. The van der Waals surface area contributed by atoms with Crippen molar-refractivity contribution >= 4 is 33.8 Å². The molecule has 2 heterocycles. The van der Waals surface area contributed by atoms with Crippen molar-refractivity contribution in [3.05, 3.63) is 96.3 Å². The molecule has 0 unspecified atom stereocenters. The molecule has 0 aliphatic heterocycles. The van der Waals surface area contributed by atoms with E-state index in [-0.39, 0.29) is 24.0 Å². The van der Waals surface area contributed by atoms with Crippen molar-refractivity contribution in [3.63, 3.8) is 0 Å². The molecule has 0 aliphatic rings. The highest BCUT2D eigenvalue weighted by Gasteiger charge is 2.13. The van der Waals surface area contributed by atoms with Gasteiger partial charge in [0.25, 0.3) is 0 Å². The molecule has 3 aromatic carbocycles. The number of fused-ring (bicyclic) bond motifs is 3.